The van der Waals surface area contributed by atoms with Crippen LogP contribution in [0.4, 0.5) is 0 Å². The lowest BCUT2D eigenvalue weighted by Crippen LogP contribution is -2.46. The molecule has 4 rings (SSSR count). The van der Waals surface area contributed by atoms with Crippen molar-refractivity contribution in [3.05, 3.63) is 23.5 Å². The fourth-order valence-corrected chi connectivity index (χ4v) is 6.19. The average molecular weight is 272 g/mol. The molecule has 0 aromatic heterocycles. The van der Waals surface area contributed by atoms with Crippen molar-refractivity contribution >= 4 is 0 Å². The highest BCUT2D eigenvalue weighted by molar-refractivity contribution is 5.35. The lowest BCUT2D eigenvalue weighted by Gasteiger charge is -2.54. The highest BCUT2D eigenvalue weighted by Crippen LogP contribution is 2.64. The largest absolute Gasteiger partial charge is 0.512 e. The molecule has 1 heteroatoms. The van der Waals surface area contributed by atoms with Crippen LogP contribution in [0.25, 0.3) is 0 Å². The van der Waals surface area contributed by atoms with E-state index in [0.717, 1.165) is 18.3 Å². The van der Waals surface area contributed by atoms with Gasteiger partial charge in [-0.05, 0) is 81.1 Å². The smallest absolute Gasteiger partial charge is 0.0985 e. The van der Waals surface area contributed by atoms with Crippen molar-refractivity contribution in [1.29, 1.82) is 0 Å². The monoisotopic (exact) mass is 272 g/mol. The second kappa shape index (κ2) is 4.15. The zero-order valence-corrected chi connectivity index (χ0v) is 13.0. The first-order chi connectivity index (χ1) is 9.56. The first-order valence-corrected chi connectivity index (χ1v) is 8.66. The lowest BCUT2D eigenvalue weighted by atomic mass is 9.50. The second-order valence-corrected chi connectivity index (χ2v) is 8.27. The first-order valence-electron chi connectivity index (χ1n) is 8.66. The molecular formula is C19H28O. The standard InChI is InChI=1S/C19H28O/c1-18-11-4-6-15(18)14-9-8-13-5-3-7-17(20)19(13,2)16(14)10-12-18/h7,10,13-15,20H,3-6,8-9,11-12H2,1-2H3/t13-,14-,15-,18-,19-/m0/s1. The minimum atomic E-state index is -0.0227. The van der Waals surface area contributed by atoms with E-state index >= 15 is 0 Å². The molecule has 0 aliphatic heterocycles. The first kappa shape index (κ1) is 13.0. The molecule has 0 saturated heterocycles. The Bertz CT molecular complexity index is 488. The van der Waals surface area contributed by atoms with Crippen molar-refractivity contribution in [3.63, 3.8) is 0 Å². The molecule has 5 atom stereocenters. The SMILES string of the molecule is C[C@]12CC=C3[C@@H](CC[C@@H]4CCC=C(O)[C@]34C)[C@@H]1CCC2. The summed E-state index contributed by atoms with van der Waals surface area (Å²) in [5.74, 6) is 3.01. The molecule has 2 fully saturated rings. The third-order valence-corrected chi connectivity index (χ3v) is 7.46. The molecular weight excluding hydrogens is 244 g/mol. The Balaban J connectivity index is 1.79. The van der Waals surface area contributed by atoms with Gasteiger partial charge < -0.3 is 5.11 Å². The lowest BCUT2D eigenvalue weighted by molar-refractivity contribution is 0.0554. The minimum absolute atomic E-state index is 0.0227. The fourth-order valence-electron chi connectivity index (χ4n) is 6.19. The van der Waals surface area contributed by atoms with Crippen LogP contribution in [-0.4, -0.2) is 5.11 Å². The van der Waals surface area contributed by atoms with Gasteiger partial charge in [0, 0.05) is 5.41 Å². The number of hydrogen-bond acceptors (Lipinski definition) is 1. The van der Waals surface area contributed by atoms with Crippen molar-refractivity contribution in [1.82, 2.24) is 0 Å². The van der Waals surface area contributed by atoms with Gasteiger partial charge in [0.15, 0.2) is 0 Å². The second-order valence-electron chi connectivity index (χ2n) is 8.27. The van der Waals surface area contributed by atoms with Gasteiger partial charge in [-0.15, -0.1) is 0 Å². The predicted molar refractivity (Wildman–Crippen MR) is 82.4 cm³/mol. The van der Waals surface area contributed by atoms with E-state index in [4.69, 9.17) is 0 Å². The Morgan fingerprint density at radius 2 is 1.95 bits per heavy atom. The number of rotatable bonds is 0. The molecule has 0 amide bonds. The van der Waals surface area contributed by atoms with Gasteiger partial charge in [-0.2, -0.15) is 0 Å². The van der Waals surface area contributed by atoms with E-state index in [9.17, 15) is 5.11 Å². The summed E-state index contributed by atoms with van der Waals surface area (Å²) in [6.45, 7) is 4.85. The van der Waals surface area contributed by atoms with E-state index in [-0.39, 0.29) is 5.41 Å². The number of fused-ring (bicyclic) bond motifs is 5. The summed E-state index contributed by atoms with van der Waals surface area (Å²) in [6, 6.07) is 0. The van der Waals surface area contributed by atoms with Crippen LogP contribution in [0.2, 0.25) is 0 Å². The number of aliphatic hydroxyl groups excluding tert-OH is 1. The van der Waals surface area contributed by atoms with Gasteiger partial charge in [0.25, 0.3) is 0 Å². The maximum Gasteiger partial charge on any atom is 0.0985 e. The zero-order chi connectivity index (χ0) is 14.0. The molecule has 0 heterocycles. The van der Waals surface area contributed by atoms with Crippen molar-refractivity contribution in [2.45, 2.75) is 65.2 Å². The molecule has 20 heavy (non-hydrogen) atoms. The summed E-state index contributed by atoms with van der Waals surface area (Å²) >= 11 is 0. The number of allylic oxidation sites excluding steroid dienone is 3. The molecule has 0 aromatic rings. The highest BCUT2D eigenvalue weighted by atomic mass is 16.3. The number of hydrogen-bond donors (Lipinski definition) is 1. The Labute approximate surface area is 123 Å². The van der Waals surface area contributed by atoms with E-state index in [1.165, 1.54) is 44.9 Å². The van der Waals surface area contributed by atoms with Gasteiger partial charge in [0.1, 0.15) is 0 Å². The van der Waals surface area contributed by atoms with Crippen LogP contribution in [-0.2, 0) is 0 Å². The molecule has 0 aromatic carbocycles. The fraction of sp³-hybridized carbons (Fsp3) is 0.789. The summed E-state index contributed by atoms with van der Waals surface area (Å²) in [7, 11) is 0. The Hall–Kier alpha value is -0.720. The maximum absolute atomic E-state index is 10.6. The van der Waals surface area contributed by atoms with Gasteiger partial charge >= 0.3 is 0 Å². The van der Waals surface area contributed by atoms with Crippen molar-refractivity contribution in [2.75, 3.05) is 0 Å². The van der Waals surface area contributed by atoms with Gasteiger partial charge in [-0.1, -0.05) is 25.0 Å². The van der Waals surface area contributed by atoms with Crippen molar-refractivity contribution in [3.8, 4) is 0 Å². The minimum Gasteiger partial charge on any atom is -0.512 e. The molecule has 110 valence electrons. The quantitative estimate of drug-likeness (QED) is 0.586. The van der Waals surface area contributed by atoms with E-state index < -0.39 is 0 Å². The molecule has 0 unspecified atom stereocenters. The number of aliphatic hydroxyl groups is 1. The van der Waals surface area contributed by atoms with Crippen LogP contribution >= 0.6 is 0 Å². The van der Waals surface area contributed by atoms with Gasteiger partial charge in [0.05, 0.1) is 5.76 Å². The Morgan fingerprint density at radius 3 is 2.80 bits per heavy atom. The van der Waals surface area contributed by atoms with E-state index in [2.05, 4.69) is 26.0 Å². The zero-order valence-electron chi connectivity index (χ0n) is 13.0. The van der Waals surface area contributed by atoms with E-state index in [1.807, 2.05) is 0 Å². The summed E-state index contributed by atoms with van der Waals surface area (Å²) in [6.07, 6.45) is 15.2. The average Bonchev–Trinajstić information content (AvgIpc) is 2.82. The summed E-state index contributed by atoms with van der Waals surface area (Å²) in [4.78, 5) is 0. The molecule has 0 radical (unpaired) electrons. The predicted octanol–water partition coefficient (Wildman–Crippen LogP) is 5.39. The third-order valence-electron chi connectivity index (χ3n) is 7.46. The maximum atomic E-state index is 10.6. The van der Waals surface area contributed by atoms with E-state index in [0.29, 0.717) is 17.1 Å². The molecule has 0 bridgehead atoms. The van der Waals surface area contributed by atoms with Crippen LogP contribution in [0.3, 0.4) is 0 Å². The molecule has 4 aliphatic carbocycles. The van der Waals surface area contributed by atoms with Crippen LogP contribution in [0.5, 0.6) is 0 Å². The van der Waals surface area contributed by atoms with Crippen LogP contribution in [0.15, 0.2) is 23.5 Å². The summed E-state index contributed by atoms with van der Waals surface area (Å²) < 4.78 is 0. The van der Waals surface area contributed by atoms with Gasteiger partial charge in [0.2, 0.25) is 0 Å². The van der Waals surface area contributed by atoms with Crippen LogP contribution < -0.4 is 0 Å². The Kier molecular flexibility index (Phi) is 2.69. The summed E-state index contributed by atoms with van der Waals surface area (Å²) in [5, 5.41) is 10.6. The van der Waals surface area contributed by atoms with Gasteiger partial charge in [-0.3, -0.25) is 0 Å². The molecule has 1 N–H and O–H groups in total. The molecule has 4 aliphatic rings. The van der Waals surface area contributed by atoms with Crippen molar-refractivity contribution in [2.24, 2.45) is 28.6 Å². The van der Waals surface area contributed by atoms with E-state index in [1.54, 1.807) is 5.57 Å². The van der Waals surface area contributed by atoms with Crippen LogP contribution in [0, 0.1) is 28.6 Å². The molecule has 1 nitrogen and oxygen atoms in total. The normalized spacial score (nSPS) is 50.6. The third kappa shape index (κ3) is 1.50. The van der Waals surface area contributed by atoms with Crippen molar-refractivity contribution < 1.29 is 5.11 Å². The molecule has 0 spiro atoms. The highest BCUT2D eigenvalue weighted by Gasteiger charge is 2.55. The topological polar surface area (TPSA) is 20.2 Å². The van der Waals surface area contributed by atoms with Crippen LogP contribution in [0.1, 0.15) is 65.2 Å². The molecule has 2 saturated carbocycles. The van der Waals surface area contributed by atoms with Gasteiger partial charge in [-0.25, -0.2) is 0 Å². The summed E-state index contributed by atoms with van der Waals surface area (Å²) in [5.41, 5.74) is 2.16. The Morgan fingerprint density at radius 1 is 1.10 bits per heavy atom.